The Bertz CT molecular complexity index is 995. The fourth-order valence-corrected chi connectivity index (χ4v) is 6.11. The highest BCUT2D eigenvalue weighted by Crippen LogP contribution is 2.62. The lowest BCUT2D eigenvalue weighted by Crippen LogP contribution is -2.44. The lowest BCUT2D eigenvalue weighted by molar-refractivity contribution is -0.109. The van der Waals surface area contributed by atoms with Gasteiger partial charge in [-0.2, -0.15) is 9.97 Å². The second kappa shape index (κ2) is 7.42. The fraction of sp³-hybridized carbons (Fsp3) is 0.722. The molecule has 0 aromatic carbocycles. The lowest BCUT2D eigenvalue weighted by atomic mass is 9.98. The Morgan fingerprint density at radius 2 is 2.17 bits per heavy atom. The summed E-state index contributed by atoms with van der Waals surface area (Å²) in [6.45, 7) is 4.29. The minimum atomic E-state index is -3.64. The molecule has 4 atom stereocenters. The van der Waals surface area contributed by atoms with Crippen LogP contribution in [0, 0.1) is 0 Å². The molecule has 2 aliphatic heterocycles. The molecule has 2 aromatic rings. The minimum absolute atomic E-state index is 0.0802. The van der Waals surface area contributed by atoms with Crippen molar-refractivity contribution in [3.8, 4) is 5.88 Å². The summed E-state index contributed by atoms with van der Waals surface area (Å²) in [4.78, 5) is 12.8. The van der Waals surface area contributed by atoms with Crippen LogP contribution >= 0.6 is 7.82 Å². The highest BCUT2D eigenvalue weighted by Gasteiger charge is 2.56. The van der Waals surface area contributed by atoms with Gasteiger partial charge in [0.1, 0.15) is 17.9 Å². The number of hydrogen-bond acceptors (Lipinski definition) is 10. The molecule has 12 heteroatoms. The fourth-order valence-electron chi connectivity index (χ4n) is 4.36. The second-order valence-electron chi connectivity index (χ2n) is 8.09. The van der Waals surface area contributed by atoms with E-state index in [0.717, 1.165) is 25.7 Å². The first-order valence-electron chi connectivity index (χ1n) is 10.3. The first-order chi connectivity index (χ1) is 14.4. The maximum Gasteiger partial charge on any atom is 0.475 e. The zero-order valence-electron chi connectivity index (χ0n) is 17.0. The molecule has 0 bridgehead atoms. The topological polar surface area (TPSA) is 133 Å². The number of phosphoric acid groups is 1. The van der Waals surface area contributed by atoms with Gasteiger partial charge in [0.15, 0.2) is 11.2 Å². The molecule has 3 fully saturated rings. The summed E-state index contributed by atoms with van der Waals surface area (Å²) in [6, 6.07) is 0. The number of nitrogen functional groups attached to an aromatic ring is 1. The van der Waals surface area contributed by atoms with Gasteiger partial charge in [-0.1, -0.05) is 12.8 Å². The Kier molecular flexibility index (Phi) is 4.98. The number of imidazole rings is 1. The third-order valence-corrected chi connectivity index (χ3v) is 7.53. The minimum Gasteiger partial charge on any atom is -0.476 e. The summed E-state index contributed by atoms with van der Waals surface area (Å²) in [5, 5.41) is 0. The average Bonchev–Trinajstić information content (AvgIpc) is 3.39. The molecular formula is C18H26N5O6P. The molecule has 11 nitrogen and oxygen atoms in total. The van der Waals surface area contributed by atoms with E-state index in [4.69, 9.17) is 28.8 Å². The van der Waals surface area contributed by atoms with Crippen molar-refractivity contribution >= 4 is 24.9 Å². The van der Waals surface area contributed by atoms with Crippen molar-refractivity contribution in [3.05, 3.63) is 6.33 Å². The van der Waals surface area contributed by atoms with E-state index in [9.17, 15) is 4.57 Å². The van der Waals surface area contributed by atoms with Crippen molar-refractivity contribution in [1.29, 1.82) is 0 Å². The molecule has 0 radical (unpaired) electrons. The van der Waals surface area contributed by atoms with E-state index in [-0.39, 0.29) is 18.7 Å². The van der Waals surface area contributed by atoms with E-state index in [1.807, 2.05) is 13.8 Å². The molecule has 0 amide bonds. The number of anilines is 1. The molecule has 2 saturated heterocycles. The van der Waals surface area contributed by atoms with Crippen molar-refractivity contribution in [2.75, 3.05) is 18.9 Å². The van der Waals surface area contributed by atoms with Gasteiger partial charge in [0.2, 0.25) is 11.8 Å². The van der Waals surface area contributed by atoms with Crippen LogP contribution in [0.15, 0.2) is 6.33 Å². The van der Waals surface area contributed by atoms with Gasteiger partial charge in [0.25, 0.3) is 0 Å². The molecule has 5 rings (SSSR count). The monoisotopic (exact) mass is 439 g/mol. The molecule has 2 N–H and O–H groups in total. The van der Waals surface area contributed by atoms with Gasteiger partial charge in [-0.25, -0.2) is 9.55 Å². The van der Waals surface area contributed by atoms with Gasteiger partial charge in [0.05, 0.1) is 25.6 Å². The van der Waals surface area contributed by atoms with Crippen molar-refractivity contribution in [3.63, 3.8) is 0 Å². The van der Waals surface area contributed by atoms with Gasteiger partial charge in [-0.05, 0) is 26.7 Å². The Morgan fingerprint density at radius 3 is 2.93 bits per heavy atom. The summed E-state index contributed by atoms with van der Waals surface area (Å²) < 4.78 is 43.8. The van der Waals surface area contributed by atoms with Crippen molar-refractivity contribution in [2.45, 2.75) is 70.0 Å². The quantitative estimate of drug-likeness (QED) is 0.693. The van der Waals surface area contributed by atoms with Gasteiger partial charge in [-0.3, -0.25) is 18.1 Å². The highest BCUT2D eigenvalue weighted by atomic mass is 31.2. The smallest absolute Gasteiger partial charge is 0.475 e. The lowest BCUT2D eigenvalue weighted by Gasteiger charge is -2.38. The summed E-state index contributed by atoms with van der Waals surface area (Å²) in [6.07, 6.45) is 5.00. The zero-order valence-corrected chi connectivity index (χ0v) is 17.9. The van der Waals surface area contributed by atoms with E-state index in [1.165, 1.54) is 0 Å². The SMILES string of the molecule is CCOc1nc(N)nc2c1ncn2[C@H]1C[C@]2(C)OP(=O)(OC3CCCC3)OC[C@H]2O1. The normalized spacial score (nSPS) is 34.5. The number of nitrogens with two attached hydrogens (primary N) is 1. The third kappa shape index (κ3) is 3.48. The van der Waals surface area contributed by atoms with Crippen LogP contribution in [0.25, 0.3) is 11.2 Å². The van der Waals surface area contributed by atoms with Crippen LogP contribution in [0.2, 0.25) is 0 Å². The maximum absolute atomic E-state index is 13.1. The summed E-state index contributed by atoms with van der Waals surface area (Å²) >= 11 is 0. The predicted molar refractivity (Wildman–Crippen MR) is 106 cm³/mol. The number of hydrogen-bond donors (Lipinski definition) is 1. The highest BCUT2D eigenvalue weighted by molar-refractivity contribution is 7.48. The van der Waals surface area contributed by atoms with Crippen molar-refractivity contribution in [1.82, 2.24) is 19.5 Å². The third-order valence-electron chi connectivity index (χ3n) is 5.87. The largest absolute Gasteiger partial charge is 0.476 e. The Morgan fingerprint density at radius 1 is 1.37 bits per heavy atom. The van der Waals surface area contributed by atoms with Crippen LogP contribution in [0.5, 0.6) is 5.88 Å². The summed E-state index contributed by atoms with van der Waals surface area (Å²) in [5.74, 6) is 0.415. The van der Waals surface area contributed by atoms with Gasteiger partial charge in [-0.15, -0.1) is 0 Å². The molecule has 1 aliphatic carbocycles. The van der Waals surface area contributed by atoms with E-state index in [2.05, 4.69) is 15.0 Å². The number of aromatic nitrogens is 4. The van der Waals surface area contributed by atoms with Crippen LogP contribution < -0.4 is 10.5 Å². The molecule has 2 aromatic heterocycles. The molecule has 1 unspecified atom stereocenters. The number of fused-ring (bicyclic) bond motifs is 2. The second-order valence-corrected chi connectivity index (χ2v) is 9.63. The average molecular weight is 439 g/mol. The first kappa shape index (κ1) is 20.1. The van der Waals surface area contributed by atoms with Gasteiger partial charge in [0, 0.05) is 6.42 Å². The van der Waals surface area contributed by atoms with Gasteiger partial charge >= 0.3 is 7.82 Å². The Balaban J connectivity index is 1.39. The molecule has 4 heterocycles. The molecule has 1 saturated carbocycles. The molecule has 0 spiro atoms. The zero-order chi connectivity index (χ0) is 20.9. The maximum atomic E-state index is 13.1. The first-order valence-corrected chi connectivity index (χ1v) is 11.8. The molecule has 164 valence electrons. The van der Waals surface area contributed by atoms with Crippen LogP contribution in [0.3, 0.4) is 0 Å². The van der Waals surface area contributed by atoms with Crippen molar-refractivity contribution in [2.24, 2.45) is 0 Å². The van der Waals surface area contributed by atoms with Gasteiger partial charge < -0.3 is 15.2 Å². The number of phosphoric ester groups is 1. The van der Waals surface area contributed by atoms with E-state index < -0.39 is 25.8 Å². The molecular weight excluding hydrogens is 413 g/mol. The Hall–Kier alpha value is -1.78. The van der Waals surface area contributed by atoms with Crippen LogP contribution in [0.1, 0.15) is 52.2 Å². The Labute approximate surface area is 173 Å². The van der Waals surface area contributed by atoms with Crippen LogP contribution in [0.4, 0.5) is 5.95 Å². The number of rotatable bonds is 5. The van der Waals surface area contributed by atoms with E-state index in [0.29, 0.717) is 30.1 Å². The summed E-state index contributed by atoms with van der Waals surface area (Å²) in [7, 11) is -3.64. The molecule has 30 heavy (non-hydrogen) atoms. The standard InChI is InChI=1S/C18H26N5O6P/c1-3-25-16-14-15(21-17(19)22-16)23(10-20-14)13-8-18(2)12(27-13)9-26-30(24,29-18)28-11-6-4-5-7-11/h10-13H,3-9H2,1-2H3,(H2,19,21,22)/t12-,13-,18+,30?/m1/s1. The van der Waals surface area contributed by atoms with Crippen LogP contribution in [-0.4, -0.2) is 50.5 Å². The number of ether oxygens (including phenoxy) is 2. The molecule has 3 aliphatic rings. The summed E-state index contributed by atoms with van der Waals surface area (Å²) in [5.41, 5.74) is 6.04. The number of nitrogens with zero attached hydrogens (tertiary/aromatic N) is 4. The predicted octanol–water partition coefficient (Wildman–Crippen LogP) is 2.97. The van der Waals surface area contributed by atoms with E-state index in [1.54, 1.807) is 10.9 Å². The van der Waals surface area contributed by atoms with Crippen molar-refractivity contribution < 1.29 is 27.6 Å². The van der Waals surface area contributed by atoms with E-state index >= 15 is 0 Å². The van der Waals surface area contributed by atoms with Crippen LogP contribution in [-0.2, 0) is 22.9 Å².